The molecule has 2 heterocycles. The number of aromatic amines is 1. The molecule has 1 aromatic carbocycles. The fraction of sp³-hybridized carbons (Fsp3) is 0.368. The van der Waals surface area contributed by atoms with Crippen molar-refractivity contribution in [2.24, 2.45) is 0 Å². The fourth-order valence-corrected chi connectivity index (χ4v) is 3.05. The average molecular weight is 428 g/mol. The highest BCUT2D eigenvalue weighted by Crippen LogP contribution is 2.18. The predicted octanol–water partition coefficient (Wildman–Crippen LogP) is -0.138. The molecule has 1 amide bonds. The molecule has 0 spiro atoms. The maximum atomic E-state index is 13.1. The molecule has 0 radical (unpaired) electrons. The average Bonchev–Trinajstić information content (AvgIpc) is 3.22. The maximum Gasteiger partial charge on any atom is 0.330 e. The fourth-order valence-electron chi connectivity index (χ4n) is 3.05. The molecule has 0 bridgehead atoms. The number of methoxy groups -OCH3 is 1. The zero-order valence-electron chi connectivity index (χ0n) is 17.3. The van der Waals surface area contributed by atoms with Crippen LogP contribution in [-0.2, 0) is 22.6 Å². The summed E-state index contributed by atoms with van der Waals surface area (Å²) in [5.74, 6) is -0.227. The van der Waals surface area contributed by atoms with Crippen molar-refractivity contribution in [1.82, 2.24) is 29.8 Å². The van der Waals surface area contributed by atoms with Gasteiger partial charge in [-0.15, -0.1) is 10.2 Å². The zero-order valence-corrected chi connectivity index (χ0v) is 17.3. The van der Waals surface area contributed by atoms with Gasteiger partial charge < -0.3 is 15.4 Å². The molecule has 3 aromatic rings. The van der Waals surface area contributed by atoms with Crippen molar-refractivity contribution in [3.63, 3.8) is 0 Å². The van der Waals surface area contributed by atoms with E-state index in [-0.39, 0.29) is 31.2 Å². The molecule has 164 valence electrons. The minimum Gasteiger partial charge on any atom is -0.383 e. The Morgan fingerprint density at radius 3 is 2.68 bits per heavy atom. The van der Waals surface area contributed by atoms with E-state index in [1.54, 1.807) is 0 Å². The van der Waals surface area contributed by atoms with Crippen molar-refractivity contribution in [2.45, 2.75) is 26.4 Å². The van der Waals surface area contributed by atoms with E-state index in [0.29, 0.717) is 18.8 Å². The van der Waals surface area contributed by atoms with Gasteiger partial charge in [0.05, 0.1) is 6.61 Å². The highest BCUT2D eigenvalue weighted by Gasteiger charge is 2.25. The molecule has 0 fully saturated rings. The Morgan fingerprint density at radius 2 is 2.00 bits per heavy atom. The first-order valence-corrected chi connectivity index (χ1v) is 9.71. The third-order valence-corrected chi connectivity index (χ3v) is 4.51. The standard InChI is InChI=1S/C19H24N8O4/c1-3-9-26-16(20)15(18(29)21-19(26)30)25(10-11-31-2)14(28)12-27-23-17(22-24-27)13-7-5-4-6-8-13/h4-8H,3,9-12,20H2,1-2H3,(H,21,29,30). The number of tetrazole rings is 1. The van der Waals surface area contributed by atoms with Gasteiger partial charge in [0.2, 0.25) is 5.82 Å². The quantitative estimate of drug-likeness (QED) is 0.477. The SMILES string of the molecule is CCCn1c(N)c(N(CCOC)C(=O)Cn2nnc(-c3ccccc3)n2)c(=O)[nH]c1=O. The highest BCUT2D eigenvalue weighted by molar-refractivity contribution is 5.95. The molecule has 0 saturated heterocycles. The van der Waals surface area contributed by atoms with E-state index in [1.165, 1.54) is 16.6 Å². The van der Waals surface area contributed by atoms with Crippen molar-refractivity contribution in [1.29, 1.82) is 0 Å². The van der Waals surface area contributed by atoms with E-state index in [4.69, 9.17) is 10.5 Å². The number of carbonyl (C=O) groups excluding carboxylic acids is 1. The van der Waals surface area contributed by atoms with Crippen LogP contribution >= 0.6 is 0 Å². The second-order valence-corrected chi connectivity index (χ2v) is 6.69. The van der Waals surface area contributed by atoms with Gasteiger partial charge >= 0.3 is 5.69 Å². The molecule has 2 aromatic heterocycles. The molecule has 12 heteroatoms. The molecular weight excluding hydrogens is 404 g/mol. The lowest BCUT2D eigenvalue weighted by atomic mass is 10.2. The number of carbonyl (C=O) groups is 1. The van der Waals surface area contributed by atoms with Crippen LogP contribution in [0.4, 0.5) is 11.5 Å². The highest BCUT2D eigenvalue weighted by atomic mass is 16.5. The monoisotopic (exact) mass is 428 g/mol. The number of rotatable bonds is 9. The van der Waals surface area contributed by atoms with Crippen LogP contribution in [0.1, 0.15) is 13.3 Å². The summed E-state index contributed by atoms with van der Waals surface area (Å²) in [5, 5.41) is 12.1. The first kappa shape index (κ1) is 21.9. The summed E-state index contributed by atoms with van der Waals surface area (Å²) in [6.45, 7) is 2.08. The minimum absolute atomic E-state index is 0.0488. The molecule has 31 heavy (non-hydrogen) atoms. The van der Waals surface area contributed by atoms with Crippen LogP contribution in [0.15, 0.2) is 39.9 Å². The van der Waals surface area contributed by atoms with Gasteiger partial charge in [-0.1, -0.05) is 37.3 Å². The van der Waals surface area contributed by atoms with Gasteiger partial charge in [0.1, 0.15) is 12.4 Å². The molecular formula is C19H24N8O4. The molecule has 12 nitrogen and oxygen atoms in total. The van der Waals surface area contributed by atoms with Crippen molar-refractivity contribution in [3.05, 3.63) is 51.2 Å². The number of nitrogens with one attached hydrogen (secondary N) is 1. The molecule has 3 N–H and O–H groups in total. The lowest BCUT2D eigenvalue weighted by Gasteiger charge is -2.24. The number of nitrogens with zero attached hydrogens (tertiary/aromatic N) is 6. The van der Waals surface area contributed by atoms with Gasteiger partial charge in [-0.2, -0.15) is 4.80 Å². The number of ether oxygens (including phenoxy) is 1. The third kappa shape index (κ3) is 4.86. The maximum absolute atomic E-state index is 13.1. The third-order valence-electron chi connectivity index (χ3n) is 4.51. The summed E-state index contributed by atoms with van der Waals surface area (Å²) in [5.41, 5.74) is 5.37. The molecule has 0 unspecified atom stereocenters. The summed E-state index contributed by atoms with van der Waals surface area (Å²) < 4.78 is 6.30. The van der Waals surface area contributed by atoms with Crippen LogP contribution in [0.3, 0.4) is 0 Å². The van der Waals surface area contributed by atoms with Gasteiger partial charge in [0.15, 0.2) is 5.69 Å². The molecule has 0 aliphatic heterocycles. The van der Waals surface area contributed by atoms with Crippen LogP contribution in [0, 0.1) is 0 Å². The summed E-state index contributed by atoms with van der Waals surface area (Å²) in [6, 6.07) is 9.20. The number of benzene rings is 1. The summed E-state index contributed by atoms with van der Waals surface area (Å²) in [6.07, 6.45) is 0.618. The number of anilines is 2. The number of nitrogens with two attached hydrogens (primary N) is 1. The summed E-state index contributed by atoms with van der Waals surface area (Å²) in [7, 11) is 1.47. The second-order valence-electron chi connectivity index (χ2n) is 6.69. The Morgan fingerprint density at radius 1 is 1.26 bits per heavy atom. The Kier molecular flexibility index (Phi) is 6.92. The van der Waals surface area contributed by atoms with Gasteiger partial charge in [-0.3, -0.25) is 19.1 Å². The first-order chi connectivity index (χ1) is 15.0. The van der Waals surface area contributed by atoms with Crippen molar-refractivity contribution in [2.75, 3.05) is 30.9 Å². The number of hydrogen-bond donors (Lipinski definition) is 2. The normalized spacial score (nSPS) is 10.9. The van der Waals surface area contributed by atoms with Crippen LogP contribution in [0.25, 0.3) is 11.4 Å². The number of aromatic nitrogens is 6. The van der Waals surface area contributed by atoms with E-state index >= 15 is 0 Å². The van der Waals surface area contributed by atoms with Crippen LogP contribution in [-0.4, -0.2) is 55.9 Å². The van der Waals surface area contributed by atoms with Crippen molar-refractivity contribution < 1.29 is 9.53 Å². The Bertz CT molecular complexity index is 1150. The van der Waals surface area contributed by atoms with Gasteiger partial charge in [0.25, 0.3) is 11.5 Å². The molecule has 3 rings (SSSR count). The van der Waals surface area contributed by atoms with E-state index in [1.807, 2.05) is 37.3 Å². The zero-order chi connectivity index (χ0) is 22.4. The summed E-state index contributed by atoms with van der Waals surface area (Å²) in [4.78, 5) is 42.2. The van der Waals surface area contributed by atoms with Gasteiger partial charge in [-0.25, -0.2) is 4.79 Å². The molecule has 0 atom stereocenters. The topological polar surface area (TPSA) is 154 Å². The molecule has 0 aliphatic rings. The molecule has 0 saturated carbocycles. The van der Waals surface area contributed by atoms with Crippen LogP contribution in [0.2, 0.25) is 0 Å². The summed E-state index contributed by atoms with van der Waals surface area (Å²) >= 11 is 0. The van der Waals surface area contributed by atoms with E-state index < -0.39 is 17.2 Å². The van der Waals surface area contributed by atoms with Gasteiger partial charge in [0, 0.05) is 25.8 Å². The minimum atomic E-state index is -0.754. The van der Waals surface area contributed by atoms with Crippen LogP contribution in [0.5, 0.6) is 0 Å². The van der Waals surface area contributed by atoms with Crippen molar-refractivity contribution >= 4 is 17.4 Å². The Hall–Kier alpha value is -3.80. The Labute approximate surface area is 177 Å². The van der Waals surface area contributed by atoms with E-state index in [2.05, 4.69) is 20.4 Å². The number of hydrogen-bond acceptors (Lipinski definition) is 8. The van der Waals surface area contributed by atoms with Crippen molar-refractivity contribution in [3.8, 4) is 11.4 Å². The first-order valence-electron chi connectivity index (χ1n) is 9.71. The number of nitrogen functional groups attached to an aromatic ring is 1. The largest absolute Gasteiger partial charge is 0.383 e. The van der Waals surface area contributed by atoms with Gasteiger partial charge in [-0.05, 0) is 11.6 Å². The number of amides is 1. The smallest absolute Gasteiger partial charge is 0.330 e. The lowest BCUT2D eigenvalue weighted by molar-refractivity contribution is -0.119. The predicted molar refractivity (Wildman–Crippen MR) is 114 cm³/mol. The second kappa shape index (κ2) is 9.80. The lowest BCUT2D eigenvalue weighted by Crippen LogP contribution is -2.44. The van der Waals surface area contributed by atoms with Crippen LogP contribution < -0.4 is 21.9 Å². The Balaban J connectivity index is 1.92. The number of H-pyrrole nitrogens is 1. The van der Waals surface area contributed by atoms with E-state index in [0.717, 1.165) is 10.4 Å². The van der Waals surface area contributed by atoms with E-state index in [9.17, 15) is 14.4 Å². The molecule has 0 aliphatic carbocycles.